The minimum atomic E-state index is 0.274. The molecule has 3 heteroatoms. The number of hydrogen-bond acceptors (Lipinski definition) is 3. The van der Waals surface area contributed by atoms with Gasteiger partial charge in [0.2, 0.25) is 0 Å². The maximum atomic E-state index is 7.96. The molecule has 0 spiro atoms. The van der Waals surface area contributed by atoms with Gasteiger partial charge in [-0.25, -0.2) is 0 Å². The number of hydrogen-bond donors (Lipinski definition) is 2. The van der Waals surface area contributed by atoms with Gasteiger partial charge in [-0.1, -0.05) is 6.58 Å². The monoisotopic (exact) mass is 97.1 g/mol. The number of rotatable bonds is 2. The van der Waals surface area contributed by atoms with Crippen molar-refractivity contribution >= 4 is 0 Å². The minimum Gasteiger partial charge on any atom is -0.328 e. The van der Waals surface area contributed by atoms with Crippen LogP contribution in [0.25, 0.3) is 0 Å². The SMILES string of the molecule is C=C(CC#N)NN. The van der Waals surface area contributed by atoms with Crippen molar-refractivity contribution in [2.75, 3.05) is 0 Å². The summed E-state index contributed by atoms with van der Waals surface area (Å²) >= 11 is 0. The molecule has 0 aromatic carbocycles. The molecule has 0 bridgehead atoms. The Kier molecular flexibility index (Phi) is 2.73. The summed E-state index contributed by atoms with van der Waals surface area (Å²) in [4.78, 5) is 0. The average molecular weight is 97.1 g/mol. The Bertz CT molecular complexity index is 100.0. The lowest BCUT2D eigenvalue weighted by Crippen LogP contribution is -2.19. The van der Waals surface area contributed by atoms with Crippen molar-refractivity contribution < 1.29 is 0 Å². The highest BCUT2D eigenvalue weighted by atomic mass is 15.2. The smallest absolute Gasteiger partial charge is 0.0756 e. The van der Waals surface area contributed by atoms with E-state index in [2.05, 4.69) is 12.0 Å². The van der Waals surface area contributed by atoms with E-state index in [9.17, 15) is 0 Å². The Labute approximate surface area is 42.4 Å². The second-order valence-corrected chi connectivity index (χ2v) is 1.08. The van der Waals surface area contributed by atoms with E-state index in [1.807, 2.05) is 6.07 Å². The van der Waals surface area contributed by atoms with Crippen LogP contribution < -0.4 is 11.3 Å². The van der Waals surface area contributed by atoms with Gasteiger partial charge in [-0.3, -0.25) is 5.84 Å². The number of allylic oxidation sites excluding steroid dienone is 1. The molecule has 0 amide bonds. The van der Waals surface area contributed by atoms with E-state index in [0.29, 0.717) is 5.70 Å². The van der Waals surface area contributed by atoms with E-state index < -0.39 is 0 Å². The average Bonchev–Trinajstić information content (AvgIpc) is 1.68. The molecule has 0 rings (SSSR count). The van der Waals surface area contributed by atoms with Crippen molar-refractivity contribution in [1.29, 1.82) is 5.26 Å². The standard InChI is InChI=1S/C4H7N3/c1-4(7-6)2-3-5/h7H,1-2,6H2. The molecule has 0 aliphatic rings. The van der Waals surface area contributed by atoms with Crippen LogP contribution in [0.2, 0.25) is 0 Å². The van der Waals surface area contributed by atoms with Crippen molar-refractivity contribution in [2.24, 2.45) is 5.84 Å². The van der Waals surface area contributed by atoms with Gasteiger partial charge >= 0.3 is 0 Å². The van der Waals surface area contributed by atoms with Gasteiger partial charge < -0.3 is 5.43 Å². The molecule has 3 N–H and O–H groups in total. The molecule has 0 saturated carbocycles. The molecule has 0 radical (unpaired) electrons. The predicted molar refractivity (Wildman–Crippen MR) is 26.7 cm³/mol. The summed E-state index contributed by atoms with van der Waals surface area (Å²) in [6.45, 7) is 3.40. The molecule has 0 aromatic heterocycles. The predicted octanol–water partition coefficient (Wildman–Crippen LogP) is -0.123. The Hall–Kier alpha value is -1.01. The highest BCUT2D eigenvalue weighted by Gasteiger charge is 1.81. The van der Waals surface area contributed by atoms with Crippen LogP contribution in [-0.2, 0) is 0 Å². The molecule has 3 nitrogen and oxygen atoms in total. The van der Waals surface area contributed by atoms with Crippen LogP contribution in [0.4, 0.5) is 0 Å². The minimum absolute atomic E-state index is 0.274. The first-order chi connectivity index (χ1) is 3.31. The summed E-state index contributed by atoms with van der Waals surface area (Å²) in [6, 6.07) is 1.88. The Morgan fingerprint density at radius 2 is 2.57 bits per heavy atom. The van der Waals surface area contributed by atoms with Crippen molar-refractivity contribution in [3.8, 4) is 6.07 Å². The molecule has 0 aliphatic carbocycles. The fraction of sp³-hybridized carbons (Fsp3) is 0.250. The van der Waals surface area contributed by atoms with Gasteiger partial charge in [-0.15, -0.1) is 0 Å². The van der Waals surface area contributed by atoms with Gasteiger partial charge in [0.1, 0.15) is 0 Å². The third kappa shape index (κ3) is 2.80. The van der Waals surface area contributed by atoms with E-state index in [1.54, 1.807) is 0 Å². The zero-order chi connectivity index (χ0) is 5.70. The van der Waals surface area contributed by atoms with Gasteiger partial charge in [0.05, 0.1) is 12.5 Å². The maximum absolute atomic E-state index is 7.96. The Balaban J connectivity index is 3.23. The molecule has 0 fully saturated rings. The van der Waals surface area contributed by atoms with E-state index in [0.717, 1.165) is 0 Å². The maximum Gasteiger partial charge on any atom is 0.0756 e. The number of hydrazine groups is 1. The molecule has 0 atom stereocenters. The normalized spacial score (nSPS) is 6.86. The number of nitrogens with one attached hydrogen (secondary N) is 1. The van der Waals surface area contributed by atoms with Crippen LogP contribution in [0.5, 0.6) is 0 Å². The lowest BCUT2D eigenvalue weighted by atomic mass is 10.4. The molecule has 7 heavy (non-hydrogen) atoms. The molecular weight excluding hydrogens is 90.1 g/mol. The fourth-order valence-corrected chi connectivity index (χ4v) is 0.146. The van der Waals surface area contributed by atoms with Gasteiger partial charge in [-0.2, -0.15) is 5.26 Å². The van der Waals surface area contributed by atoms with Crippen LogP contribution in [0, 0.1) is 11.3 Å². The van der Waals surface area contributed by atoms with E-state index in [-0.39, 0.29) is 6.42 Å². The van der Waals surface area contributed by atoms with Crippen LogP contribution >= 0.6 is 0 Å². The van der Waals surface area contributed by atoms with Gasteiger partial charge in [0, 0.05) is 5.70 Å². The first-order valence-corrected chi connectivity index (χ1v) is 1.82. The van der Waals surface area contributed by atoms with Crippen molar-refractivity contribution in [1.82, 2.24) is 5.43 Å². The van der Waals surface area contributed by atoms with Crippen molar-refractivity contribution in [3.63, 3.8) is 0 Å². The third-order valence-corrected chi connectivity index (χ3v) is 0.497. The summed E-state index contributed by atoms with van der Waals surface area (Å²) in [5.41, 5.74) is 2.79. The summed E-state index contributed by atoms with van der Waals surface area (Å²) in [5.74, 6) is 4.86. The Morgan fingerprint density at radius 3 is 2.71 bits per heavy atom. The van der Waals surface area contributed by atoms with Gasteiger partial charge in [-0.05, 0) is 0 Å². The number of nitrogens with two attached hydrogens (primary N) is 1. The zero-order valence-electron chi connectivity index (χ0n) is 3.94. The second kappa shape index (κ2) is 3.19. The van der Waals surface area contributed by atoms with Gasteiger partial charge in [0.25, 0.3) is 0 Å². The van der Waals surface area contributed by atoms with E-state index in [4.69, 9.17) is 11.1 Å². The number of nitriles is 1. The fourth-order valence-electron chi connectivity index (χ4n) is 0.146. The second-order valence-electron chi connectivity index (χ2n) is 1.08. The highest BCUT2D eigenvalue weighted by Crippen LogP contribution is 1.84. The van der Waals surface area contributed by atoms with Crippen LogP contribution in [0.1, 0.15) is 6.42 Å². The van der Waals surface area contributed by atoms with Crippen LogP contribution in [-0.4, -0.2) is 0 Å². The molecule has 38 valence electrons. The molecule has 0 aromatic rings. The summed E-state index contributed by atoms with van der Waals surface area (Å²) in [5, 5.41) is 7.96. The van der Waals surface area contributed by atoms with E-state index >= 15 is 0 Å². The lowest BCUT2D eigenvalue weighted by Gasteiger charge is -1.93. The molecule has 0 aliphatic heterocycles. The lowest BCUT2D eigenvalue weighted by molar-refractivity contribution is 0.862. The quantitative estimate of drug-likeness (QED) is 0.373. The van der Waals surface area contributed by atoms with Crippen molar-refractivity contribution in [2.45, 2.75) is 6.42 Å². The summed E-state index contributed by atoms with van der Waals surface area (Å²) < 4.78 is 0. The largest absolute Gasteiger partial charge is 0.328 e. The van der Waals surface area contributed by atoms with Crippen LogP contribution in [0.3, 0.4) is 0 Å². The van der Waals surface area contributed by atoms with Crippen LogP contribution in [0.15, 0.2) is 12.3 Å². The topological polar surface area (TPSA) is 61.8 Å². The van der Waals surface area contributed by atoms with Gasteiger partial charge in [0.15, 0.2) is 0 Å². The third-order valence-electron chi connectivity index (χ3n) is 0.497. The molecular formula is C4H7N3. The molecule has 0 unspecified atom stereocenters. The molecule has 0 heterocycles. The summed E-state index contributed by atoms with van der Waals surface area (Å²) in [7, 11) is 0. The number of nitrogens with zero attached hydrogens (tertiary/aromatic N) is 1. The highest BCUT2D eigenvalue weighted by molar-refractivity contribution is 4.97. The first kappa shape index (κ1) is 5.99. The van der Waals surface area contributed by atoms with E-state index in [1.165, 1.54) is 0 Å². The molecule has 0 saturated heterocycles. The first-order valence-electron chi connectivity index (χ1n) is 1.82. The zero-order valence-corrected chi connectivity index (χ0v) is 3.94. The summed E-state index contributed by atoms with van der Waals surface area (Å²) in [6.07, 6.45) is 0.274. The van der Waals surface area contributed by atoms with Crippen molar-refractivity contribution in [3.05, 3.63) is 12.3 Å². The Morgan fingerprint density at radius 1 is 2.00 bits per heavy atom.